The number of nitrogens with one attached hydrogen (secondary N) is 1. The van der Waals surface area contributed by atoms with Crippen molar-refractivity contribution in [2.45, 2.75) is 19.4 Å². The minimum atomic E-state index is -0.268. The Kier molecular flexibility index (Phi) is 3.58. The van der Waals surface area contributed by atoms with E-state index in [0.29, 0.717) is 18.8 Å². The van der Waals surface area contributed by atoms with Crippen LogP contribution in [0.1, 0.15) is 23.8 Å². The quantitative estimate of drug-likeness (QED) is 0.796. The highest BCUT2D eigenvalue weighted by Gasteiger charge is 2.21. The van der Waals surface area contributed by atoms with Crippen molar-refractivity contribution in [3.63, 3.8) is 0 Å². The second-order valence-corrected chi connectivity index (χ2v) is 4.15. The van der Waals surface area contributed by atoms with Crippen LogP contribution in [-0.4, -0.2) is 41.7 Å². The molecular formula is C12H17N3O2. The molecule has 5 nitrogen and oxygen atoms in total. The fourth-order valence-electron chi connectivity index (χ4n) is 1.97. The number of hydrogen-bond acceptors (Lipinski definition) is 4. The van der Waals surface area contributed by atoms with E-state index < -0.39 is 0 Å². The Morgan fingerprint density at radius 1 is 1.71 bits per heavy atom. The average Bonchev–Trinajstić information content (AvgIpc) is 2.76. The Labute approximate surface area is 100 Å². The summed E-state index contributed by atoms with van der Waals surface area (Å²) < 4.78 is 0. The van der Waals surface area contributed by atoms with E-state index in [2.05, 4.69) is 15.2 Å². The molecule has 2 rings (SSSR count). The van der Waals surface area contributed by atoms with E-state index in [9.17, 15) is 9.90 Å². The zero-order chi connectivity index (χ0) is 12.3. The summed E-state index contributed by atoms with van der Waals surface area (Å²) in [5, 5.41) is 12.2. The van der Waals surface area contributed by atoms with Crippen molar-refractivity contribution in [3.8, 4) is 0 Å². The zero-order valence-corrected chi connectivity index (χ0v) is 9.89. The Bertz CT molecular complexity index is 408. The maximum Gasteiger partial charge on any atom is 0.269 e. The molecule has 17 heavy (non-hydrogen) atoms. The van der Waals surface area contributed by atoms with Crippen LogP contribution in [0, 0.1) is 0 Å². The lowest BCUT2D eigenvalue weighted by Gasteiger charge is -2.18. The van der Waals surface area contributed by atoms with Crippen LogP contribution in [0.4, 0.5) is 5.69 Å². The highest BCUT2D eigenvalue weighted by molar-refractivity contribution is 5.93. The van der Waals surface area contributed by atoms with Gasteiger partial charge in [-0.25, -0.2) is 0 Å². The first-order valence-electron chi connectivity index (χ1n) is 5.88. The van der Waals surface area contributed by atoms with Crippen LogP contribution in [0.5, 0.6) is 0 Å². The van der Waals surface area contributed by atoms with Gasteiger partial charge in [0.1, 0.15) is 5.69 Å². The number of aromatic nitrogens is 1. The van der Waals surface area contributed by atoms with E-state index in [1.54, 1.807) is 12.3 Å². The van der Waals surface area contributed by atoms with Crippen LogP contribution in [0.3, 0.4) is 0 Å². The van der Waals surface area contributed by atoms with E-state index >= 15 is 0 Å². The summed E-state index contributed by atoms with van der Waals surface area (Å²) in [5.41, 5.74) is 1.36. The lowest BCUT2D eigenvalue weighted by Crippen LogP contribution is -2.25. The minimum absolute atomic E-state index is 0.158. The number of hydrogen-bond donors (Lipinski definition) is 2. The lowest BCUT2D eigenvalue weighted by molar-refractivity contribution is 0.0951. The van der Waals surface area contributed by atoms with Crippen LogP contribution in [0.2, 0.25) is 0 Å². The molecule has 1 aliphatic rings. The molecule has 0 unspecified atom stereocenters. The monoisotopic (exact) mass is 235 g/mol. The van der Waals surface area contributed by atoms with Gasteiger partial charge in [0.15, 0.2) is 0 Å². The molecule has 0 bridgehead atoms. The molecule has 1 atom stereocenters. The summed E-state index contributed by atoms with van der Waals surface area (Å²) in [6.07, 6.45) is 2.14. The number of carbonyl (C=O) groups is 1. The molecule has 5 heteroatoms. The van der Waals surface area contributed by atoms with Crippen LogP contribution >= 0.6 is 0 Å². The predicted octanol–water partition coefficient (Wildman–Crippen LogP) is 0.402. The molecule has 0 radical (unpaired) electrons. The number of aliphatic hydroxyl groups excluding tert-OH is 1. The number of aliphatic hydroxyl groups is 1. The standard InChI is InChI=1S/C12H17N3O2/c1-2-13-12(17)11-7-9(3-5-14-11)15-6-4-10(16)8-15/h3,5,7,10,16H,2,4,6,8H2,1H3,(H,13,17)/t10-/m0/s1. The fourth-order valence-corrected chi connectivity index (χ4v) is 1.97. The molecule has 0 aliphatic carbocycles. The Hall–Kier alpha value is -1.62. The third-order valence-electron chi connectivity index (χ3n) is 2.84. The number of nitrogens with zero attached hydrogens (tertiary/aromatic N) is 2. The SMILES string of the molecule is CCNC(=O)c1cc(N2CC[C@H](O)C2)ccn1. The summed E-state index contributed by atoms with van der Waals surface area (Å²) in [4.78, 5) is 17.7. The molecular weight excluding hydrogens is 218 g/mol. The van der Waals surface area contributed by atoms with Gasteiger partial charge in [-0.1, -0.05) is 0 Å². The third-order valence-corrected chi connectivity index (χ3v) is 2.84. The van der Waals surface area contributed by atoms with Crippen molar-refractivity contribution < 1.29 is 9.90 Å². The lowest BCUT2D eigenvalue weighted by atomic mass is 10.3. The van der Waals surface area contributed by atoms with Gasteiger partial charge in [0.2, 0.25) is 0 Å². The highest BCUT2D eigenvalue weighted by Crippen LogP contribution is 2.20. The van der Waals surface area contributed by atoms with E-state index in [-0.39, 0.29) is 12.0 Å². The summed E-state index contributed by atoms with van der Waals surface area (Å²) >= 11 is 0. The first-order chi connectivity index (χ1) is 8.20. The molecule has 0 aromatic carbocycles. The van der Waals surface area contributed by atoms with Crippen molar-refractivity contribution in [1.82, 2.24) is 10.3 Å². The maximum atomic E-state index is 11.6. The summed E-state index contributed by atoms with van der Waals surface area (Å²) in [5.74, 6) is -0.158. The summed E-state index contributed by atoms with van der Waals surface area (Å²) in [7, 11) is 0. The first kappa shape index (κ1) is 11.9. The van der Waals surface area contributed by atoms with E-state index in [0.717, 1.165) is 18.7 Å². The van der Waals surface area contributed by atoms with Gasteiger partial charge in [0, 0.05) is 31.5 Å². The van der Waals surface area contributed by atoms with Gasteiger partial charge < -0.3 is 15.3 Å². The number of amides is 1. The molecule has 2 heterocycles. The van der Waals surface area contributed by atoms with E-state index in [1.807, 2.05) is 13.0 Å². The Morgan fingerprint density at radius 2 is 2.53 bits per heavy atom. The summed E-state index contributed by atoms with van der Waals surface area (Å²) in [6.45, 7) is 3.91. The molecule has 1 aromatic rings. The molecule has 0 spiro atoms. The fraction of sp³-hybridized carbons (Fsp3) is 0.500. The predicted molar refractivity (Wildman–Crippen MR) is 65.1 cm³/mol. The van der Waals surface area contributed by atoms with E-state index in [4.69, 9.17) is 0 Å². The van der Waals surface area contributed by atoms with Gasteiger partial charge >= 0.3 is 0 Å². The normalized spacial score (nSPS) is 19.4. The van der Waals surface area contributed by atoms with Crippen LogP contribution in [0.15, 0.2) is 18.3 Å². The van der Waals surface area contributed by atoms with Crippen LogP contribution in [-0.2, 0) is 0 Å². The maximum absolute atomic E-state index is 11.6. The van der Waals surface area contributed by atoms with Gasteiger partial charge in [-0.2, -0.15) is 0 Å². The third kappa shape index (κ3) is 2.74. The minimum Gasteiger partial charge on any atom is -0.391 e. The van der Waals surface area contributed by atoms with Gasteiger partial charge in [-0.05, 0) is 25.5 Å². The topological polar surface area (TPSA) is 65.5 Å². The highest BCUT2D eigenvalue weighted by atomic mass is 16.3. The molecule has 1 aromatic heterocycles. The largest absolute Gasteiger partial charge is 0.391 e. The number of pyridine rings is 1. The van der Waals surface area contributed by atoms with Gasteiger partial charge in [0.25, 0.3) is 5.91 Å². The van der Waals surface area contributed by atoms with Crippen molar-refractivity contribution >= 4 is 11.6 Å². The molecule has 2 N–H and O–H groups in total. The van der Waals surface area contributed by atoms with Crippen LogP contribution < -0.4 is 10.2 Å². The summed E-state index contributed by atoms with van der Waals surface area (Å²) in [6, 6.07) is 3.63. The number of carbonyl (C=O) groups excluding carboxylic acids is 1. The smallest absolute Gasteiger partial charge is 0.269 e. The average molecular weight is 235 g/mol. The molecule has 1 aliphatic heterocycles. The number of anilines is 1. The second-order valence-electron chi connectivity index (χ2n) is 4.15. The molecule has 0 saturated carbocycles. The number of rotatable bonds is 3. The Balaban J connectivity index is 2.14. The van der Waals surface area contributed by atoms with Gasteiger partial charge in [0.05, 0.1) is 6.10 Å². The second kappa shape index (κ2) is 5.14. The van der Waals surface area contributed by atoms with Crippen molar-refractivity contribution in [3.05, 3.63) is 24.0 Å². The van der Waals surface area contributed by atoms with Crippen molar-refractivity contribution in [1.29, 1.82) is 0 Å². The van der Waals surface area contributed by atoms with Gasteiger partial charge in [-0.15, -0.1) is 0 Å². The van der Waals surface area contributed by atoms with Crippen LogP contribution in [0.25, 0.3) is 0 Å². The van der Waals surface area contributed by atoms with Crippen molar-refractivity contribution in [2.75, 3.05) is 24.5 Å². The number of β-amino-alcohol motifs (C(OH)–C–C–N with tert-alkyl or cyclic N) is 1. The molecule has 1 amide bonds. The van der Waals surface area contributed by atoms with E-state index in [1.165, 1.54) is 0 Å². The first-order valence-corrected chi connectivity index (χ1v) is 5.88. The molecule has 1 fully saturated rings. The molecule has 1 saturated heterocycles. The zero-order valence-electron chi connectivity index (χ0n) is 9.89. The Morgan fingerprint density at radius 3 is 3.18 bits per heavy atom. The molecule has 92 valence electrons. The van der Waals surface area contributed by atoms with Crippen molar-refractivity contribution in [2.24, 2.45) is 0 Å². The van der Waals surface area contributed by atoms with Gasteiger partial charge in [-0.3, -0.25) is 9.78 Å².